The number of nitrogens with two attached hydrogens (primary N) is 1. The zero-order chi connectivity index (χ0) is 48.5. The zero-order valence-corrected chi connectivity index (χ0v) is 38.3. The largest absolute Gasteiger partial charge is 0.481 e. The third kappa shape index (κ3) is 15.0. The average molecular weight is 1020 g/mol. The summed E-state index contributed by atoms with van der Waals surface area (Å²) in [5.41, 5.74) is 4.68. The molecule has 348 valence electrons. The monoisotopic (exact) mass is 1020 g/mol. The Kier molecular flexibility index (Phi) is 18.4. The number of rotatable bonds is 14. The molecule has 0 fully saturated rings. The Balaban J connectivity index is 0.000000278. The quantitative estimate of drug-likeness (QED) is 0.0526. The molecule has 28 heteroatoms. The van der Waals surface area contributed by atoms with Gasteiger partial charge in [-0.15, -0.1) is 5.10 Å². The minimum atomic E-state index is -4.56. The van der Waals surface area contributed by atoms with E-state index < -0.39 is 64.3 Å². The molecule has 2 heterocycles. The molecule has 19 nitrogen and oxygen atoms in total. The lowest BCUT2D eigenvalue weighted by molar-refractivity contribution is -0.146. The van der Waals surface area contributed by atoms with Gasteiger partial charge in [0.15, 0.2) is 13.5 Å². The molecule has 6 N–H and O–H groups in total. The number of aliphatic carboxylic acids is 2. The number of aromatic nitrogens is 4. The van der Waals surface area contributed by atoms with Gasteiger partial charge in [0.2, 0.25) is 11.8 Å². The molecular weight excluding hydrogens is 986 g/mol. The van der Waals surface area contributed by atoms with E-state index in [1.54, 1.807) is 13.0 Å². The molecule has 64 heavy (non-hydrogen) atoms. The van der Waals surface area contributed by atoms with Crippen LogP contribution in [0.15, 0.2) is 59.8 Å². The Hall–Kier alpha value is -5.13. The molecule has 0 aliphatic rings. The molecule has 5 aromatic rings. The molecule has 0 bridgehead atoms. The number of carbonyl (C=O) groups is 3. The van der Waals surface area contributed by atoms with Crippen LogP contribution in [0, 0.1) is 6.92 Å². The second-order valence-electron chi connectivity index (χ2n) is 12.9. The van der Waals surface area contributed by atoms with Gasteiger partial charge in [-0.1, -0.05) is 52.5 Å². The first kappa shape index (κ1) is 53.2. The molecule has 2 unspecified atom stereocenters. The van der Waals surface area contributed by atoms with Crippen LogP contribution in [0.25, 0.3) is 5.78 Å². The average Bonchev–Trinajstić information content (AvgIpc) is 3.66. The number of carboxylic acid groups (broad SMARTS) is 2. The second kappa shape index (κ2) is 22.2. The van der Waals surface area contributed by atoms with Gasteiger partial charge >= 0.3 is 24.1 Å². The van der Waals surface area contributed by atoms with Crippen molar-refractivity contribution in [3.8, 4) is 23.3 Å². The van der Waals surface area contributed by atoms with Crippen LogP contribution in [-0.2, 0) is 35.1 Å². The first-order valence-electron chi connectivity index (χ1n) is 17.5. The standard InChI is InChI=1S/C17H11Cl2F3O5.C14H13Cl2N5O4S.C5H12NO4P/c1-8(15(23)24)26-16(25)11-7-10(3-4-12(11)18)27-14-5-2-9(6-13(14)19)17(20,21)22;1-7-4-5-8(15)12(11(7)16)20-26(22,23)14-18-13-17-9(24-2)6-10(25-3)21(13)19-14;1-11(9,10)3-2-4(6)5(7)8/h2-8H,1H3,(H,23,24);4-6,20H,1-3H3;4H,2-3,6H2,1H3,(H,7,8)(H,9,10)/t8-;;/m0../s1. The number of carbonyl (C=O) groups excluding carboxylic acids is 1. The van der Waals surface area contributed by atoms with Crippen LogP contribution in [-0.4, -0.2) is 100 Å². The minimum absolute atomic E-state index is 0.0111. The van der Waals surface area contributed by atoms with Gasteiger partial charge in [0, 0.05) is 12.8 Å². The van der Waals surface area contributed by atoms with Crippen molar-refractivity contribution in [2.45, 2.75) is 43.7 Å². The molecule has 0 spiro atoms. The molecular formula is C36H36Cl4F3N6O13PS. The van der Waals surface area contributed by atoms with Crippen LogP contribution in [0.2, 0.25) is 20.1 Å². The van der Waals surface area contributed by atoms with Crippen molar-refractivity contribution in [2.24, 2.45) is 5.73 Å². The Morgan fingerprint density at radius 3 is 2.12 bits per heavy atom. The highest BCUT2D eigenvalue weighted by molar-refractivity contribution is 7.92. The molecule has 3 atom stereocenters. The lowest BCUT2D eigenvalue weighted by atomic mass is 10.2. The number of benzene rings is 3. The first-order chi connectivity index (χ1) is 29.6. The van der Waals surface area contributed by atoms with Crippen molar-refractivity contribution in [1.29, 1.82) is 0 Å². The maximum absolute atomic E-state index is 12.7. The summed E-state index contributed by atoms with van der Waals surface area (Å²) in [7, 11) is -4.47. The minimum Gasteiger partial charge on any atom is -0.481 e. The van der Waals surface area contributed by atoms with Gasteiger partial charge in [-0.2, -0.15) is 36.1 Å². The van der Waals surface area contributed by atoms with E-state index >= 15 is 0 Å². The molecule has 0 aliphatic carbocycles. The fourth-order valence-corrected chi connectivity index (χ4v) is 7.20. The number of esters is 1. The van der Waals surface area contributed by atoms with Gasteiger partial charge in [-0.25, -0.2) is 9.59 Å². The molecule has 5 rings (SSSR count). The van der Waals surface area contributed by atoms with Crippen molar-refractivity contribution in [3.63, 3.8) is 0 Å². The van der Waals surface area contributed by atoms with Crippen LogP contribution in [0.5, 0.6) is 23.3 Å². The fraction of sp³-hybridized carbons (Fsp3) is 0.278. The highest BCUT2D eigenvalue weighted by Gasteiger charge is 2.31. The maximum atomic E-state index is 12.7. The third-order valence-electron chi connectivity index (χ3n) is 7.86. The number of halogens is 7. The molecule has 3 aromatic carbocycles. The topological polar surface area (TPSA) is 281 Å². The van der Waals surface area contributed by atoms with Crippen molar-refractivity contribution >= 4 is 93.2 Å². The van der Waals surface area contributed by atoms with Gasteiger partial charge in [0.05, 0.1) is 57.2 Å². The lowest BCUT2D eigenvalue weighted by Gasteiger charge is -2.13. The van der Waals surface area contributed by atoms with E-state index in [1.165, 1.54) is 45.1 Å². The van der Waals surface area contributed by atoms with E-state index in [-0.39, 0.29) is 73.0 Å². The van der Waals surface area contributed by atoms with Crippen LogP contribution in [0.3, 0.4) is 0 Å². The van der Waals surface area contributed by atoms with Crippen LogP contribution in [0.1, 0.15) is 34.8 Å². The molecule has 0 aliphatic heterocycles. The number of alkyl halides is 3. The summed E-state index contributed by atoms with van der Waals surface area (Å²) >= 11 is 23.9. The Morgan fingerprint density at radius 1 is 0.938 bits per heavy atom. The number of hydrogen-bond acceptors (Lipinski definition) is 14. The van der Waals surface area contributed by atoms with Crippen LogP contribution >= 0.6 is 53.8 Å². The predicted octanol–water partition coefficient (Wildman–Crippen LogP) is 7.68. The van der Waals surface area contributed by atoms with E-state index in [2.05, 4.69) is 19.8 Å². The van der Waals surface area contributed by atoms with Crippen LogP contribution in [0.4, 0.5) is 18.9 Å². The van der Waals surface area contributed by atoms with Gasteiger partial charge in [0.25, 0.3) is 21.0 Å². The number of nitrogens with zero attached hydrogens (tertiary/aromatic N) is 4. The van der Waals surface area contributed by atoms with Crippen molar-refractivity contribution in [1.82, 2.24) is 19.6 Å². The number of hydrogen-bond donors (Lipinski definition) is 5. The highest BCUT2D eigenvalue weighted by atomic mass is 35.5. The fourth-order valence-electron chi connectivity index (χ4n) is 4.49. The number of ether oxygens (including phenoxy) is 4. The summed E-state index contributed by atoms with van der Waals surface area (Å²) in [6.45, 7) is 4.07. The number of methoxy groups -OCH3 is 2. The van der Waals surface area contributed by atoms with E-state index in [1.807, 2.05) is 0 Å². The van der Waals surface area contributed by atoms with Gasteiger partial charge in [0.1, 0.15) is 17.5 Å². The van der Waals surface area contributed by atoms with E-state index in [0.29, 0.717) is 11.6 Å². The first-order valence-corrected chi connectivity index (χ1v) is 22.8. The van der Waals surface area contributed by atoms with Gasteiger partial charge < -0.3 is 39.8 Å². The summed E-state index contributed by atoms with van der Waals surface area (Å²) in [6, 6.07) is 9.95. The van der Waals surface area contributed by atoms with Crippen LogP contribution < -0.4 is 24.7 Å². The van der Waals surface area contributed by atoms with Crippen molar-refractivity contribution in [3.05, 3.63) is 91.4 Å². The Bertz CT molecular complexity index is 2690. The Labute approximate surface area is 381 Å². The molecule has 0 amide bonds. The number of nitrogens with one attached hydrogen (secondary N) is 1. The smallest absolute Gasteiger partial charge is 0.416 e. The van der Waals surface area contributed by atoms with Gasteiger partial charge in [-0.3, -0.25) is 14.1 Å². The zero-order valence-electron chi connectivity index (χ0n) is 33.6. The molecule has 0 radical (unpaired) electrons. The molecule has 0 saturated carbocycles. The Morgan fingerprint density at radius 2 is 1.58 bits per heavy atom. The number of carboxylic acids is 2. The van der Waals surface area contributed by atoms with Crippen molar-refractivity contribution < 1.29 is 74.6 Å². The SMILES string of the molecule is COc1cc(OC)n2nc(S(=O)(=O)Nc3c(Cl)ccc(C)c3Cl)nc2n1.CP(=O)(O)CCC(N)C(=O)O.C[C@H](OC(=O)c1cc(Oc2ccc(C(F)(F)F)cc2Cl)ccc1Cl)C(=O)O. The lowest BCUT2D eigenvalue weighted by Crippen LogP contribution is -2.30. The van der Waals surface area contributed by atoms with Crippen molar-refractivity contribution in [2.75, 3.05) is 31.8 Å². The number of anilines is 1. The third-order valence-corrected chi connectivity index (χ3v) is 11.5. The summed E-state index contributed by atoms with van der Waals surface area (Å²) in [6.07, 6.45) is -5.96. The number of aryl methyl sites for hydroxylation is 1. The van der Waals surface area contributed by atoms with E-state index in [0.717, 1.165) is 29.6 Å². The summed E-state index contributed by atoms with van der Waals surface area (Å²) in [5.74, 6) is -3.14. The molecule has 2 aromatic heterocycles. The van der Waals surface area contributed by atoms with E-state index in [9.17, 15) is 40.5 Å². The number of fused-ring (bicyclic) bond motifs is 1. The number of sulfonamides is 1. The highest BCUT2D eigenvalue weighted by Crippen LogP contribution is 2.38. The normalized spacial score (nSPS) is 13.2. The summed E-state index contributed by atoms with van der Waals surface area (Å²) < 4.78 is 97.7. The van der Waals surface area contributed by atoms with Gasteiger partial charge in [-0.05, 0) is 68.3 Å². The maximum Gasteiger partial charge on any atom is 0.416 e. The summed E-state index contributed by atoms with van der Waals surface area (Å²) in [4.78, 5) is 49.6. The molecule has 0 saturated heterocycles. The predicted molar refractivity (Wildman–Crippen MR) is 227 cm³/mol. The second-order valence-corrected chi connectivity index (χ2v) is 18.6. The van der Waals surface area contributed by atoms with E-state index in [4.69, 9.17) is 86.2 Å². The summed E-state index contributed by atoms with van der Waals surface area (Å²) in [5, 5.41) is 20.5.